The number of nitrogens with zero attached hydrogens (tertiary/aromatic N) is 1. The maximum atomic E-state index is 12.6. The standard InChI is InChI=1S/C22H21NO4S2/c1-3-18(21(25)26)23-20(24)19(29-22(23)28)12-15-8-10-17(11-9-15)27-13-16-6-4-14(2)5-7-16/h4-12,18H,3,13H2,1-2H3,(H,25,26)/b19-12+/t18-/m0/s1. The topological polar surface area (TPSA) is 66.8 Å². The Morgan fingerprint density at radius 3 is 2.45 bits per heavy atom. The molecule has 7 heteroatoms. The summed E-state index contributed by atoms with van der Waals surface area (Å²) in [4.78, 5) is 25.6. The predicted octanol–water partition coefficient (Wildman–Crippen LogP) is 4.64. The van der Waals surface area contributed by atoms with Crippen LogP contribution < -0.4 is 4.74 Å². The summed E-state index contributed by atoms with van der Waals surface area (Å²) < 4.78 is 6.07. The molecule has 1 N–H and O–H groups in total. The number of carboxylic acid groups (broad SMARTS) is 1. The first-order chi connectivity index (χ1) is 13.9. The van der Waals surface area contributed by atoms with Gasteiger partial charge in [-0.15, -0.1) is 0 Å². The van der Waals surface area contributed by atoms with Crippen LogP contribution in [0.5, 0.6) is 5.75 Å². The lowest BCUT2D eigenvalue weighted by atomic mass is 10.1. The summed E-state index contributed by atoms with van der Waals surface area (Å²) in [5.41, 5.74) is 3.11. The molecule has 2 aromatic carbocycles. The summed E-state index contributed by atoms with van der Waals surface area (Å²) in [6.45, 7) is 4.24. The molecule has 0 aliphatic carbocycles. The molecule has 3 rings (SSSR count). The van der Waals surface area contributed by atoms with Crippen LogP contribution in [0, 0.1) is 6.92 Å². The van der Waals surface area contributed by atoms with E-state index in [-0.39, 0.29) is 10.2 Å². The fraction of sp³-hybridized carbons (Fsp3) is 0.227. The molecule has 1 heterocycles. The van der Waals surface area contributed by atoms with Gasteiger partial charge in [-0.2, -0.15) is 0 Å². The zero-order valence-electron chi connectivity index (χ0n) is 16.1. The number of benzene rings is 2. The maximum Gasteiger partial charge on any atom is 0.326 e. The highest BCUT2D eigenvalue weighted by molar-refractivity contribution is 8.26. The summed E-state index contributed by atoms with van der Waals surface area (Å²) in [5, 5.41) is 9.33. The number of thiocarbonyl (C=S) groups is 1. The summed E-state index contributed by atoms with van der Waals surface area (Å²) in [7, 11) is 0. The van der Waals surface area contributed by atoms with Crippen molar-refractivity contribution in [1.82, 2.24) is 4.90 Å². The van der Waals surface area contributed by atoms with E-state index in [1.165, 1.54) is 10.5 Å². The van der Waals surface area contributed by atoms with Gasteiger partial charge in [-0.3, -0.25) is 9.69 Å². The van der Waals surface area contributed by atoms with Gasteiger partial charge in [0.15, 0.2) is 0 Å². The van der Waals surface area contributed by atoms with Gasteiger partial charge < -0.3 is 9.84 Å². The fourth-order valence-electron chi connectivity index (χ4n) is 2.88. The fourth-order valence-corrected chi connectivity index (χ4v) is 4.24. The second-order valence-electron chi connectivity index (χ2n) is 6.66. The third kappa shape index (κ3) is 5.05. The Hall–Kier alpha value is -2.64. The third-order valence-electron chi connectivity index (χ3n) is 4.51. The highest BCUT2D eigenvalue weighted by Gasteiger charge is 2.39. The van der Waals surface area contributed by atoms with Gasteiger partial charge in [-0.25, -0.2) is 4.79 Å². The summed E-state index contributed by atoms with van der Waals surface area (Å²) >= 11 is 6.35. The highest BCUT2D eigenvalue weighted by atomic mass is 32.2. The Morgan fingerprint density at radius 1 is 1.21 bits per heavy atom. The maximum absolute atomic E-state index is 12.6. The molecule has 1 aliphatic rings. The molecule has 0 aromatic heterocycles. The minimum absolute atomic E-state index is 0.272. The molecule has 0 unspecified atom stereocenters. The van der Waals surface area contributed by atoms with Crippen LogP contribution in [0.2, 0.25) is 0 Å². The van der Waals surface area contributed by atoms with E-state index < -0.39 is 12.0 Å². The normalized spacial score (nSPS) is 16.3. The van der Waals surface area contributed by atoms with Gasteiger partial charge in [0.05, 0.1) is 4.91 Å². The molecule has 5 nitrogen and oxygen atoms in total. The Morgan fingerprint density at radius 2 is 1.86 bits per heavy atom. The summed E-state index contributed by atoms with van der Waals surface area (Å²) in [6, 6.07) is 14.6. The Balaban J connectivity index is 1.67. The van der Waals surface area contributed by atoms with Crippen LogP contribution in [0.15, 0.2) is 53.4 Å². The average Bonchev–Trinajstić information content (AvgIpc) is 2.97. The number of ether oxygens (including phenoxy) is 1. The highest BCUT2D eigenvalue weighted by Crippen LogP contribution is 2.34. The van der Waals surface area contributed by atoms with E-state index in [0.29, 0.717) is 17.9 Å². The zero-order valence-corrected chi connectivity index (χ0v) is 17.8. The van der Waals surface area contributed by atoms with Crippen LogP contribution in [0.3, 0.4) is 0 Å². The number of hydrogen-bond acceptors (Lipinski definition) is 5. The molecule has 1 aliphatic heterocycles. The van der Waals surface area contributed by atoms with Gasteiger partial charge >= 0.3 is 5.97 Å². The average molecular weight is 428 g/mol. The predicted molar refractivity (Wildman–Crippen MR) is 119 cm³/mol. The van der Waals surface area contributed by atoms with Gasteiger partial charge in [-0.05, 0) is 42.7 Å². The Labute approximate surface area is 179 Å². The van der Waals surface area contributed by atoms with Crippen molar-refractivity contribution >= 4 is 46.3 Å². The van der Waals surface area contributed by atoms with Gasteiger partial charge in [0, 0.05) is 0 Å². The third-order valence-corrected chi connectivity index (χ3v) is 5.84. The second kappa shape index (κ2) is 9.24. The van der Waals surface area contributed by atoms with Crippen LogP contribution in [-0.2, 0) is 16.2 Å². The van der Waals surface area contributed by atoms with E-state index in [2.05, 4.69) is 0 Å². The molecule has 0 saturated carbocycles. The summed E-state index contributed by atoms with van der Waals surface area (Å²) in [5.74, 6) is -0.693. The molecule has 1 amide bonds. The second-order valence-corrected chi connectivity index (χ2v) is 8.33. The molecule has 29 heavy (non-hydrogen) atoms. The number of aryl methyl sites for hydroxylation is 1. The SMILES string of the molecule is CC[C@@H](C(=O)O)N1C(=O)/C(=C\c2ccc(OCc3ccc(C)cc3)cc2)SC1=S. The number of carbonyl (C=O) groups is 2. The molecule has 1 atom stereocenters. The molecule has 1 saturated heterocycles. The van der Waals surface area contributed by atoms with Crippen molar-refractivity contribution in [3.05, 3.63) is 70.1 Å². The Kier molecular flexibility index (Phi) is 6.71. The van der Waals surface area contributed by atoms with E-state index >= 15 is 0 Å². The minimum atomic E-state index is -1.06. The lowest BCUT2D eigenvalue weighted by Gasteiger charge is -2.21. The Bertz CT molecular complexity index is 952. The first kappa shape index (κ1) is 21.1. The van der Waals surface area contributed by atoms with Gasteiger partial charge in [0.1, 0.15) is 22.7 Å². The van der Waals surface area contributed by atoms with Crippen molar-refractivity contribution in [3.63, 3.8) is 0 Å². The monoisotopic (exact) mass is 427 g/mol. The molecule has 0 bridgehead atoms. The van der Waals surface area contributed by atoms with Gasteiger partial charge in [0.25, 0.3) is 5.91 Å². The van der Waals surface area contributed by atoms with Crippen LogP contribution in [0.25, 0.3) is 6.08 Å². The first-order valence-electron chi connectivity index (χ1n) is 9.17. The summed E-state index contributed by atoms with van der Waals surface area (Å²) in [6.07, 6.45) is 2.01. The van der Waals surface area contributed by atoms with Crippen LogP contribution in [0.4, 0.5) is 0 Å². The van der Waals surface area contributed by atoms with Crippen LogP contribution >= 0.6 is 24.0 Å². The van der Waals surface area contributed by atoms with Crippen LogP contribution in [0.1, 0.15) is 30.0 Å². The zero-order chi connectivity index (χ0) is 21.0. The van der Waals surface area contributed by atoms with E-state index in [0.717, 1.165) is 28.6 Å². The minimum Gasteiger partial charge on any atom is -0.489 e. The molecule has 2 aromatic rings. The molecular formula is C22H21NO4S2. The van der Waals surface area contributed by atoms with Gasteiger partial charge in [0.2, 0.25) is 0 Å². The molecule has 0 radical (unpaired) electrons. The van der Waals surface area contributed by atoms with Gasteiger partial charge in [-0.1, -0.05) is 72.9 Å². The number of rotatable bonds is 7. The number of hydrogen-bond donors (Lipinski definition) is 1. The van der Waals surface area contributed by atoms with Crippen molar-refractivity contribution < 1.29 is 19.4 Å². The molecule has 1 fully saturated rings. The number of amides is 1. The number of aliphatic carboxylic acids is 1. The smallest absolute Gasteiger partial charge is 0.326 e. The first-order valence-corrected chi connectivity index (χ1v) is 10.4. The number of carbonyl (C=O) groups excluding carboxylic acids is 1. The van der Waals surface area contributed by atoms with E-state index in [9.17, 15) is 14.7 Å². The van der Waals surface area contributed by atoms with E-state index in [1.807, 2.05) is 55.5 Å². The van der Waals surface area contributed by atoms with Crippen molar-refractivity contribution in [2.24, 2.45) is 0 Å². The van der Waals surface area contributed by atoms with Crippen LogP contribution in [-0.4, -0.2) is 32.2 Å². The van der Waals surface area contributed by atoms with Crippen molar-refractivity contribution in [3.8, 4) is 5.75 Å². The quantitative estimate of drug-likeness (QED) is 0.513. The number of carboxylic acids is 1. The lowest BCUT2D eigenvalue weighted by Crippen LogP contribution is -2.43. The molecule has 0 spiro atoms. The number of thioether (sulfide) groups is 1. The largest absolute Gasteiger partial charge is 0.489 e. The molecule has 150 valence electrons. The van der Waals surface area contributed by atoms with E-state index in [1.54, 1.807) is 13.0 Å². The molecular weight excluding hydrogens is 406 g/mol. The van der Waals surface area contributed by atoms with E-state index in [4.69, 9.17) is 17.0 Å². The van der Waals surface area contributed by atoms with Crippen molar-refractivity contribution in [2.45, 2.75) is 32.9 Å². The lowest BCUT2D eigenvalue weighted by molar-refractivity contribution is -0.145. The van der Waals surface area contributed by atoms with Crippen molar-refractivity contribution in [2.75, 3.05) is 0 Å². The van der Waals surface area contributed by atoms with Crippen molar-refractivity contribution in [1.29, 1.82) is 0 Å².